The first-order valence-electron chi connectivity index (χ1n) is 10.5. The fourth-order valence-electron chi connectivity index (χ4n) is 4.35. The van der Waals surface area contributed by atoms with Gasteiger partial charge in [0.1, 0.15) is 13.2 Å². The van der Waals surface area contributed by atoms with Crippen LogP contribution in [-0.2, 0) is 33.9 Å². The minimum Gasteiger partial charge on any atom is -0.459 e. The lowest BCUT2D eigenvalue weighted by Gasteiger charge is -2.46. The molecule has 0 spiro atoms. The molecule has 1 saturated heterocycles. The molecule has 2 unspecified atom stereocenters. The Balaban J connectivity index is 1.73. The molecule has 0 radical (unpaired) electrons. The van der Waals surface area contributed by atoms with Crippen molar-refractivity contribution in [3.8, 4) is 0 Å². The summed E-state index contributed by atoms with van der Waals surface area (Å²) in [6.07, 6.45) is 0.889. The lowest BCUT2D eigenvalue weighted by Crippen LogP contribution is -2.60. The molecule has 1 heterocycles. The van der Waals surface area contributed by atoms with Crippen LogP contribution in [0.4, 0.5) is 0 Å². The van der Waals surface area contributed by atoms with Crippen molar-refractivity contribution in [3.05, 3.63) is 42.0 Å². The van der Waals surface area contributed by atoms with Crippen LogP contribution in [0.5, 0.6) is 0 Å². The van der Waals surface area contributed by atoms with E-state index in [9.17, 15) is 27.6 Å². The number of amides is 2. The second-order valence-electron chi connectivity index (χ2n) is 9.13. The maximum absolute atomic E-state index is 13.2. The number of hydrogen-bond donors (Lipinski definition) is 0. The Hall–Kier alpha value is -3.01. The number of benzene rings is 1. The van der Waals surface area contributed by atoms with Gasteiger partial charge in [-0.1, -0.05) is 27.4 Å². The molecule has 1 saturated carbocycles. The third-order valence-corrected chi connectivity index (χ3v) is 8.60. The van der Waals surface area contributed by atoms with Gasteiger partial charge in [0.05, 0.1) is 15.9 Å². The summed E-state index contributed by atoms with van der Waals surface area (Å²) in [5, 5.41) is 0. The summed E-state index contributed by atoms with van der Waals surface area (Å²) in [4.78, 5) is 49.3. The summed E-state index contributed by atoms with van der Waals surface area (Å²) in [6, 6.07) is 4.76. The molecular weight excluding hydrogens is 450 g/mol. The first-order chi connectivity index (χ1) is 15.2. The number of rotatable bonds is 7. The summed E-state index contributed by atoms with van der Waals surface area (Å²) in [6.45, 7) is 9.93. The highest BCUT2D eigenvalue weighted by atomic mass is 32.2. The van der Waals surface area contributed by atoms with E-state index in [1.165, 1.54) is 19.1 Å². The molecule has 1 aromatic carbocycles. The molecule has 33 heavy (non-hydrogen) atoms. The van der Waals surface area contributed by atoms with Crippen molar-refractivity contribution in [2.75, 3.05) is 13.2 Å². The van der Waals surface area contributed by atoms with Gasteiger partial charge in [0.25, 0.3) is 10.0 Å². The highest BCUT2D eigenvalue weighted by Gasteiger charge is 2.66. The SMILES string of the molecule is C=C(C)C(=O)OCCOC(=O)c1ccc(S(=O)(=O)N2C(=O)C3CCC(C)(C2=O)C3(C)C)cc1. The van der Waals surface area contributed by atoms with Gasteiger partial charge >= 0.3 is 11.9 Å². The van der Waals surface area contributed by atoms with E-state index in [2.05, 4.69) is 6.58 Å². The largest absolute Gasteiger partial charge is 0.459 e. The second kappa shape index (κ2) is 8.40. The maximum Gasteiger partial charge on any atom is 0.338 e. The number of piperidine rings is 1. The van der Waals surface area contributed by atoms with Crippen molar-refractivity contribution in [1.29, 1.82) is 0 Å². The van der Waals surface area contributed by atoms with E-state index < -0.39 is 50.5 Å². The van der Waals surface area contributed by atoms with Gasteiger partial charge in [-0.3, -0.25) is 9.59 Å². The van der Waals surface area contributed by atoms with Gasteiger partial charge in [-0.2, -0.15) is 4.31 Å². The molecule has 9 nitrogen and oxygen atoms in total. The van der Waals surface area contributed by atoms with Gasteiger partial charge in [0, 0.05) is 11.5 Å². The Morgan fingerprint density at radius 1 is 1.09 bits per heavy atom. The van der Waals surface area contributed by atoms with Crippen molar-refractivity contribution >= 4 is 33.8 Å². The molecule has 1 aliphatic heterocycles. The third kappa shape index (κ3) is 3.96. The van der Waals surface area contributed by atoms with Crippen molar-refractivity contribution in [1.82, 2.24) is 4.31 Å². The average molecular weight is 478 g/mol. The van der Waals surface area contributed by atoms with E-state index in [1.807, 2.05) is 13.8 Å². The highest BCUT2D eigenvalue weighted by molar-refractivity contribution is 7.90. The molecule has 1 aliphatic carbocycles. The number of fused-ring (bicyclic) bond motifs is 2. The van der Waals surface area contributed by atoms with Crippen LogP contribution >= 0.6 is 0 Å². The van der Waals surface area contributed by atoms with Crippen LogP contribution in [0.3, 0.4) is 0 Å². The van der Waals surface area contributed by atoms with E-state index in [4.69, 9.17) is 9.47 Å². The Kier molecular flexibility index (Phi) is 6.27. The van der Waals surface area contributed by atoms with Crippen LogP contribution in [0.1, 0.15) is 50.9 Å². The molecule has 0 N–H and O–H groups in total. The zero-order valence-electron chi connectivity index (χ0n) is 19.0. The van der Waals surface area contributed by atoms with Crippen molar-refractivity contribution in [2.24, 2.45) is 16.7 Å². The van der Waals surface area contributed by atoms with Crippen LogP contribution in [0.15, 0.2) is 41.3 Å². The highest BCUT2D eigenvalue weighted by Crippen LogP contribution is 2.60. The van der Waals surface area contributed by atoms with E-state index in [-0.39, 0.29) is 29.2 Å². The number of carbonyl (C=O) groups excluding carboxylic acids is 4. The lowest BCUT2D eigenvalue weighted by atomic mass is 9.63. The molecule has 3 rings (SSSR count). The van der Waals surface area contributed by atoms with Crippen molar-refractivity contribution < 1.29 is 37.1 Å². The molecule has 10 heteroatoms. The first-order valence-corrected chi connectivity index (χ1v) is 11.9. The average Bonchev–Trinajstić information content (AvgIpc) is 2.93. The normalized spacial score (nSPS) is 23.9. The number of hydrogen-bond acceptors (Lipinski definition) is 8. The second-order valence-corrected chi connectivity index (χ2v) is 10.9. The van der Waals surface area contributed by atoms with E-state index in [0.29, 0.717) is 17.1 Å². The monoisotopic (exact) mass is 477 g/mol. The topological polar surface area (TPSA) is 124 Å². The fraction of sp³-hybridized carbons (Fsp3) is 0.478. The van der Waals surface area contributed by atoms with Gasteiger partial charge in [-0.05, 0) is 49.4 Å². The standard InChI is InChI=1S/C23H27NO8S/c1-14(2)19(26)31-12-13-32-20(27)15-6-8-16(9-7-15)33(29,30)24-18(25)17-10-11-23(5,21(24)28)22(17,3)4/h6-9,17H,1,10-13H2,2-5H3. The summed E-state index contributed by atoms with van der Waals surface area (Å²) in [7, 11) is -4.44. The fourth-order valence-corrected chi connectivity index (χ4v) is 5.83. The van der Waals surface area contributed by atoms with Crippen LogP contribution < -0.4 is 0 Å². The molecule has 2 bridgehead atoms. The molecule has 178 valence electrons. The minimum atomic E-state index is -4.44. The zero-order valence-corrected chi connectivity index (χ0v) is 19.9. The molecule has 1 aromatic rings. The molecule has 2 atom stereocenters. The van der Waals surface area contributed by atoms with Crippen molar-refractivity contribution in [3.63, 3.8) is 0 Å². The van der Waals surface area contributed by atoms with Crippen LogP contribution in [0.25, 0.3) is 0 Å². The van der Waals surface area contributed by atoms with Gasteiger partial charge < -0.3 is 9.47 Å². The molecule has 2 amide bonds. The maximum atomic E-state index is 13.2. The van der Waals surface area contributed by atoms with Gasteiger partial charge in [-0.15, -0.1) is 0 Å². The number of imide groups is 1. The minimum absolute atomic E-state index is 0.0599. The number of esters is 2. The lowest BCUT2D eigenvalue weighted by molar-refractivity contribution is -0.160. The number of ether oxygens (including phenoxy) is 2. The van der Waals surface area contributed by atoms with Gasteiger partial charge in [0.2, 0.25) is 11.8 Å². The number of carbonyl (C=O) groups is 4. The first kappa shape index (κ1) is 24.6. The zero-order chi connectivity index (χ0) is 24.8. The van der Waals surface area contributed by atoms with E-state index in [0.717, 1.165) is 12.1 Å². The summed E-state index contributed by atoms with van der Waals surface area (Å²) in [5.74, 6) is -3.36. The van der Waals surface area contributed by atoms with Crippen LogP contribution in [0, 0.1) is 16.7 Å². The van der Waals surface area contributed by atoms with E-state index in [1.54, 1.807) is 6.92 Å². The van der Waals surface area contributed by atoms with Crippen molar-refractivity contribution in [2.45, 2.75) is 45.4 Å². The predicted octanol–water partition coefficient (Wildman–Crippen LogP) is 2.46. The molecule has 2 fully saturated rings. The van der Waals surface area contributed by atoms with Crippen LogP contribution in [-0.4, -0.2) is 49.7 Å². The molecule has 0 aromatic heterocycles. The number of nitrogens with zero attached hydrogens (tertiary/aromatic N) is 1. The quantitative estimate of drug-likeness (QED) is 0.254. The third-order valence-electron chi connectivity index (χ3n) is 6.91. The Morgan fingerprint density at radius 3 is 2.24 bits per heavy atom. The smallest absolute Gasteiger partial charge is 0.338 e. The predicted molar refractivity (Wildman–Crippen MR) is 116 cm³/mol. The Morgan fingerprint density at radius 2 is 1.67 bits per heavy atom. The van der Waals surface area contributed by atoms with Gasteiger partial charge in [0.15, 0.2) is 0 Å². The molecular formula is C23H27NO8S. The molecule has 2 aliphatic rings. The summed E-state index contributed by atoms with van der Waals surface area (Å²) in [5.41, 5.74) is -1.32. The Labute approximate surface area is 192 Å². The van der Waals surface area contributed by atoms with Crippen LogP contribution in [0.2, 0.25) is 0 Å². The number of sulfonamides is 1. The summed E-state index contributed by atoms with van der Waals surface area (Å²) < 4.78 is 36.6. The summed E-state index contributed by atoms with van der Waals surface area (Å²) >= 11 is 0. The Bertz CT molecular complexity index is 1140. The van der Waals surface area contributed by atoms with Gasteiger partial charge in [-0.25, -0.2) is 18.0 Å². The van der Waals surface area contributed by atoms with E-state index >= 15 is 0 Å².